The average Bonchev–Trinajstić information content (AvgIpc) is 3.14. The fourth-order valence-electron chi connectivity index (χ4n) is 6.31. The van der Waals surface area contributed by atoms with Crippen molar-refractivity contribution in [3.8, 4) is 6.07 Å². The van der Waals surface area contributed by atoms with E-state index in [4.69, 9.17) is 4.74 Å². The van der Waals surface area contributed by atoms with Gasteiger partial charge in [-0.25, -0.2) is 13.6 Å². The zero-order valence-electron chi connectivity index (χ0n) is 22.0. The number of piperidine rings is 1. The van der Waals surface area contributed by atoms with Crippen LogP contribution in [-0.2, 0) is 14.3 Å². The highest BCUT2D eigenvalue weighted by atomic mass is 19.1. The fraction of sp³-hybridized carbons (Fsp3) is 0.630. The maximum atomic E-state index is 13.8. The minimum absolute atomic E-state index is 0.00903. The zero-order chi connectivity index (χ0) is 27.5. The molecule has 38 heavy (non-hydrogen) atoms. The van der Waals surface area contributed by atoms with Crippen molar-refractivity contribution in [3.63, 3.8) is 0 Å². The Morgan fingerprint density at radius 3 is 2.47 bits per heavy atom. The molecule has 0 aromatic heterocycles. The van der Waals surface area contributed by atoms with E-state index >= 15 is 0 Å². The second-order valence-electron chi connectivity index (χ2n) is 11.9. The lowest BCUT2D eigenvalue weighted by atomic mass is 10.0. The van der Waals surface area contributed by atoms with Crippen molar-refractivity contribution in [2.45, 2.75) is 88.8 Å². The molecule has 3 heterocycles. The first-order chi connectivity index (χ1) is 17.9. The molecular weight excluding hydrogens is 496 g/mol. The van der Waals surface area contributed by atoms with Crippen molar-refractivity contribution < 1.29 is 27.9 Å². The number of alkyl carbamates (subject to hydrolysis) is 1. The quantitative estimate of drug-likeness (QED) is 0.608. The SMILES string of the molecule is C[C@@H](c1cc(F)cc(F)c1)N1C(=O)[C@@H]2CC1CN2C[C@H](NC(=O)OC(C)(C)C)C(=O)N1[C@H](C#N)C[C@@H]2C[C@@H]21. The summed E-state index contributed by atoms with van der Waals surface area (Å²) in [5, 5.41) is 12.3. The van der Waals surface area contributed by atoms with E-state index in [0.29, 0.717) is 30.9 Å². The van der Waals surface area contributed by atoms with Crippen LogP contribution in [-0.4, -0.2) is 81.5 Å². The molecule has 1 saturated carbocycles. The number of nitrogens with one attached hydrogen (secondary N) is 1. The van der Waals surface area contributed by atoms with E-state index in [1.807, 2.05) is 4.90 Å². The number of ether oxygens (including phenoxy) is 1. The maximum Gasteiger partial charge on any atom is 0.408 e. The van der Waals surface area contributed by atoms with E-state index in [1.165, 1.54) is 12.1 Å². The lowest BCUT2D eigenvalue weighted by Crippen LogP contribution is -2.59. The van der Waals surface area contributed by atoms with Crippen LogP contribution in [0.2, 0.25) is 0 Å². The molecule has 5 rings (SSSR count). The highest BCUT2D eigenvalue weighted by Gasteiger charge is 2.56. The van der Waals surface area contributed by atoms with E-state index < -0.39 is 47.5 Å². The second kappa shape index (κ2) is 9.49. The third kappa shape index (κ3) is 4.94. The molecule has 9 nitrogen and oxygen atoms in total. The number of amides is 3. The summed E-state index contributed by atoms with van der Waals surface area (Å²) >= 11 is 0. The van der Waals surface area contributed by atoms with Gasteiger partial charge in [0, 0.05) is 31.2 Å². The van der Waals surface area contributed by atoms with Gasteiger partial charge < -0.3 is 19.9 Å². The highest BCUT2D eigenvalue weighted by molar-refractivity contribution is 5.89. The number of carbonyl (C=O) groups excluding carboxylic acids is 3. The van der Waals surface area contributed by atoms with Crippen LogP contribution in [0.5, 0.6) is 0 Å². The van der Waals surface area contributed by atoms with E-state index in [9.17, 15) is 28.4 Å². The van der Waals surface area contributed by atoms with Crippen LogP contribution in [0.4, 0.5) is 13.6 Å². The summed E-state index contributed by atoms with van der Waals surface area (Å²) < 4.78 is 33.0. The molecule has 4 aliphatic rings. The van der Waals surface area contributed by atoms with Gasteiger partial charge in [0.25, 0.3) is 0 Å². The topological polar surface area (TPSA) is 106 Å². The van der Waals surface area contributed by atoms with Crippen LogP contribution in [0.25, 0.3) is 0 Å². The standard InChI is InChI=1S/C27H33F2N5O4/c1-14(15-5-17(28)9-18(29)6-15)33-20-10-23(25(33)36)32(12-20)13-21(31-26(37)38-27(2,3)4)24(35)34-19(11-30)7-16-8-22(16)34/h5-6,9,14,16,19-23H,7-8,10,12-13H2,1-4H3,(H,31,37)/t14-,16+,19-,20?,21-,22-,23-/m0/s1. The molecule has 1 aromatic carbocycles. The number of rotatable bonds is 6. The minimum atomic E-state index is -0.990. The number of nitrogens with zero attached hydrogens (tertiary/aromatic N) is 4. The molecule has 204 valence electrons. The molecule has 2 bridgehead atoms. The predicted molar refractivity (Wildman–Crippen MR) is 131 cm³/mol. The van der Waals surface area contributed by atoms with Gasteiger partial charge in [-0.15, -0.1) is 0 Å². The largest absolute Gasteiger partial charge is 0.444 e. The number of halogens is 2. The van der Waals surface area contributed by atoms with Crippen molar-refractivity contribution in [3.05, 3.63) is 35.4 Å². The summed E-state index contributed by atoms with van der Waals surface area (Å²) in [6, 6.07) is 2.72. The van der Waals surface area contributed by atoms with Crippen LogP contribution in [0.15, 0.2) is 18.2 Å². The Morgan fingerprint density at radius 1 is 1.18 bits per heavy atom. The second-order valence-corrected chi connectivity index (χ2v) is 11.9. The van der Waals surface area contributed by atoms with Crippen LogP contribution < -0.4 is 5.32 Å². The third-order valence-corrected chi connectivity index (χ3v) is 8.01. The molecular formula is C27H33F2N5O4. The minimum Gasteiger partial charge on any atom is -0.444 e. The van der Waals surface area contributed by atoms with Gasteiger partial charge >= 0.3 is 6.09 Å². The average molecular weight is 530 g/mol. The number of hydrogen-bond donors (Lipinski definition) is 1. The first kappa shape index (κ1) is 26.4. The molecule has 0 spiro atoms. The van der Waals surface area contributed by atoms with Gasteiger partial charge in [-0.1, -0.05) is 0 Å². The molecule has 1 N–H and O–H groups in total. The normalized spacial score (nSPS) is 29.6. The molecule has 0 radical (unpaired) electrons. The van der Waals surface area contributed by atoms with Gasteiger partial charge in [-0.3, -0.25) is 14.5 Å². The number of piperazine rings is 1. The molecule has 1 unspecified atom stereocenters. The van der Waals surface area contributed by atoms with Gasteiger partial charge in [-0.05, 0) is 70.6 Å². The molecule has 4 fully saturated rings. The zero-order valence-corrected chi connectivity index (χ0v) is 22.0. The van der Waals surface area contributed by atoms with Crippen molar-refractivity contribution in [1.82, 2.24) is 20.0 Å². The summed E-state index contributed by atoms with van der Waals surface area (Å²) in [4.78, 5) is 44.8. The first-order valence-corrected chi connectivity index (χ1v) is 13.1. The van der Waals surface area contributed by atoms with Gasteiger partial charge in [0.05, 0.1) is 18.2 Å². The Bertz CT molecular complexity index is 1180. The van der Waals surface area contributed by atoms with Crippen LogP contribution in [0, 0.1) is 28.9 Å². The molecule has 3 aliphatic heterocycles. The Morgan fingerprint density at radius 2 is 1.87 bits per heavy atom. The van der Waals surface area contributed by atoms with E-state index in [2.05, 4.69) is 11.4 Å². The van der Waals surface area contributed by atoms with Crippen molar-refractivity contribution in [2.24, 2.45) is 5.92 Å². The highest BCUT2D eigenvalue weighted by Crippen LogP contribution is 2.48. The van der Waals surface area contributed by atoms with Gasteiger partial charge in [0.15, 0.2) is 0 Å². The van der Waals surface area contributed by atoms with Crippen LogP contribution in [0.3, 0.4) is 0 Å². The number of hydrogen-bond acceptors (Lipinski definition) is 6. The van der Waals surface area contributed by atoms with Gasteiger partial charge in [-0.2, -0.15) is 5.26 Å². The Hall–Kier alpha value is -3.26. The number of nitriles is 1. The van der Waals surface area contributed by atoms with Crippen LogP contribution in [0.1, 0.15) is 58.6 Å². The van der Waals surface area contributed by atoms with Gasteiger partial charge in [0.2, 0.25) is 11.8 Å². The monoisotopic (exact) mass is 529 g/mol. The molecule has 3 amide bonds. The molecule has 3 saturated heterocycles. The summed E-state index contributed by atoms with van der Waals surface area (Å²) in [7, 11) is 0. The molecule has 7 atom stereocenters. The fourth-order valence-corrected chi connectivity index (χ4v) is 6.31. The van der Waals surface area contributed by atoms with Gasteiger partial charge in [0.1, 0.15) is 29.3 Å². The molecule has 11 heteroatoms. The van der Waals surface area contributed by atoms with Crippen molar-refractivity contribution >= 4 is 17.9 Å². The number of benzene rings is 1. The predicted octanol–water partition coefficient (Wildman–Crippen LogP) is 2.72. The maximum absolute atomic E-state index is 13.8. The Labute approximate surface area is 220 Å². The summed E-state index contributed by atoms with van der Waals surface area (Å²) in [6.45, 7) is 7.46. The lowest BCUT2D eigenvalue weighted by Gasteiger charge is -2.39. The smallest absolute Gasteiger partial charge is 0.408 e. The summed E-state index contributed by atoms with van der Waals surface area (Å²) in [6.07, 6.45) is 1.26. The summed E-state index contributed by atoms with van der Waals surface area (Å²) in [5.41, 5.74) is -0.386. The Kier molecular flexibility index (Phi) is 6.58. The van der Waals surface area contributed by atoms with E-state index in [-0.39, 0.29) is 30.4 Å². The number of likely N-dealkylation sites (tertiary alicyclic amines) is 3. The van der Waals surface area contributed by atoms with Crippen molar-refractivity contribution in [2.75, 3.05) is 13.1 Å². The van der Waals surface area contributed by atoms with E-state index in [1.54, 1.807) is 37.5 Å². The summed E-state index contributed by atoms with van der Waals surface area (Å²) in [5.74, 6) is -1.60. The number of carbonyl (C=O) groups is 3. The van der Waals surface area contributed by atoms with E-state index in [0.717, 1.165) is 12.5 Å². The van der Waals surface area contributed by atoms with Crippen molar-refractivity contribution in [1.29, 1.82) is 5.26 Å². The first-order valence-electron chi connectivity index (χ1n) is 13.1. The Balaban J connectivity index is 1.31. The number of fused-ring (bicyclic) bond motifs is 3. The third-order valence-electron chi connectivity index (χ3n) is 8.01. The molecule has 1 aromatic rings. The lowest BCUT2D eigenvalue weighted by molar-refractivity contribution is -0.141. The van der Waals surface area contributed by atoms with Crippen LogP contribution >= 0.6 is 0 Å². The molecule has 1 aliphatic carbocycles.